The fourth-order valence-corrected chi connectivity index (χ4v) is 2.23. The Morgan fingerprint density at radius 2 is 2.23 bits per heavy atom. The Bertz CT molecular complexity index is 261. The molecule has 13 heavy (non-hydrogen) atoms. The summed E-state index contributed by atoms with van der Waals surface area (Å²) in [6.07, 6.45) is 8.08. The number of imidazole rings is 1. The summed E-state index contributed by atoms with van der Waals surface area (Å²) in [6, 6.07) is 0. The second-order valence-electron chi connectivity index (χ2n) is 3.79. The van der Waals surface area contributed by atoms with E-state index in [2.05, 4.69) is 9.97 Å². The van der Waals surface area contributed by atoms with Crippen LogP contribution in [-0.2, 0) is 6.42 Å². The van der Waals surface area contributed by atoms with E-state index < -0.39 is 0 Å². The van der Waals surface area contributed by atoms with Crippen LogP contribution in [0.4, 0.5) is 0 Å². The first kappa shape index (κ1) is 8.75. The normalized spacial score (nSPS) is 18.2. The number of nitrogens with two attached hydrogens (primary N) is 1. The molecule has 1 aliphatic rings. The predicted molar refractivity (Wildman–Crippen MR) is 52.6 cm³/mol. The van der Waals surface area contributed by atoms with E-state index in [1.165, 1.54) is 37.1 Å². The van der Waals surface area contributed by atoms with Gasteiger partial charge in [-0.25, -0.2) is 4.98 Å². The van der Waals surface area contributed by atoms with Crippen molar-refractivity contribution in [2.75, 3.05) is 6.54 Å². The summed E-state index contributed by atoms with van der Waals surface area (Å²) >= 11 is 0. The molecule has 1 saturated carbocycles. The van der Waals surface area contributed by atoms with E-state index in [1.54, 1.807) is 6.33 Å². The summed E-state index contributed by atoms with van der Waals surface area (Å²) in [5.41, 5.74) is 8.08. The van der Waals surface area contributed by atoms with Crippen LogP contribution in [0.25, 0.3) is 0 Å². The van der Waals surface area contributed by atoms with Crippen LogP contribution in [0.15, 0.2) is 6.33 Å². The van der Waals surface area contributed by atoms with Gasteiger partial charge in [0.15, 0.2) is 0 Å². The van der Waals surface area contributed by atoms with Gasteiger partial charge in [-0.15, -0.1) is 0 Å². The van der Waals surface area contributed by atoms with E-state index >= 15 is 0 Å². The highest BCUT2D eigenvalue weighted by molar-refractivity contribution is 5.17. The van der Waals surface area contributed by atoms with Crippen LogP contribution in [0.5, 0.6) is 0 Å². The second-order valence-corrected chi connectivity index (χ2v) is 3.79. The van der Waals surface area contributed by atoms with E-state index in [-0.39, 0.29) is 0 Å². The molecular formula is C10H17N3. The molecule has 0 atom stereocenters. The molecule has 0 radical (unpaired) electrons. The number of nitrogens with zero attached hydrogens (tertiary/aromatic N) is 1. The molecule has 3 heteroatoms. The van der Waals surface area contributed by atoms with E-state index in [4.69, 9.17) is 5.73 Å². The quantitative estimate of drug-likeness (QED) is 0.740. The molecular weight excluding hydrogens is 162 g/mol. The van der Waals surface area contributed by atoms with Crippen LogP contribution in [0.3, 0.4) is 0 Å². The van der Waals surface area contributed by atoms with E-state index in [0.717, 1.165) is 6.42 Å². The smallest absolute Gasteiger partial charge is 0.0925 e. The van der Waals surface area contributed by atoms with Crippen LogP contribution in [0, 0.1) is 0 Å². The molecule has 0 amide bonds. The fraction of sp³-hybridized carbons (Fsp3) is 0.700. The molecule has 2 rings (SSSR count). The molecule has 3 nitrogen and oxygen atoms in total. The van der Waals surface area contributed by atoms with Crippen molar-refractivity contribution >= 4 is 0 Å². The predicted octanol–water partition coefficient (Wildman–Crippen LogP) is 1.57. The van der Waals surface area contributed by atoms with Crippen molar-refractivity contribution in [3.05, 3.63) is 17.7 Å². The summed E-state index contributed by atoms with van der Waals surface area (Å²) in [6.45, 7) is 0.710. The maximum atomic E-state index is 5.54. The summed E-state index contributed by atoms with van der Waals surface area (Å²) in [5.74, 6) is 0.702. The molecule has 1 aromatic heterocycles. The number of aromatic amines is 1. The standard InChI is InChI=1S/C10H17N3/c11-6-5-9-10(13-7-12-9)8-3-1-2-4-8/h7-8H,1-6,11H2,(H,12,13). The Balaban J connectivity index is 2.13. The van der Waals surface area contributed by atoms with Crippen molar-refractivity contribution in [1.29, 1.82) is 0 Å². The third kappa shape index (κ3) is 1.75. The average molecular weight is 179 g/mol. The Labute approximate surface area is 78.7 Å². The van der Waals surface area contributed by atoms with E-state index in [0.29, 0.717) is 12.5 Å². The Morgan fingerprint density at radius 3 is 2.92 bits per heavy atom. The molecule has 3 N–H and O–H groups in total. The molecule has 0 bridgehead atoms. The molecule has 1 aromatic rings. The Hall–Kier alpha value is -0.830. The van der Waals surface area contributed by atoms with Gasteiger partial charge >= 0.3 is 0 Å². The first-order chi connectivity index (χ1) is 6.42. The molecule has 0 saturated heterocycles. The zero-order chi connectivity index (χ0) is 9.10. The van der Waals surface area contributed by atoms with Gasteiger partial charge in [-0.2, -0.15) is 0 Å². The number of hydrogen-bond donors (Lipinski definition) is 2. The van der Waals surface area contributed by atoms with Crippen molar-refractivity contribution < 1.29 is 0 Å². The third-order valence-electron chi connectivity index (χ3n) is 2.89. The van der Waals surface area contributed by atoms with Crippen molar-refractivity contribution in [2.24, 2.45) is 5.73 Å². The van der Waals surface area contributed by atoms with Crippen LogP contribution >= 0.6 is 0 Å². The number of H-pyrrole nitrogens is 1. The zero-order valence-corrected chi connectivity index (χ0v) is 7.92. The van der Waals surface area contributed by atoms with Crippen LogP contribution in [0.2, 0.25) is 0 Å². The first-order valence-electron chi connectivity index (χ1n) is 5.14. The Morgan fingerprint density at radius 1 is 1.46 bits per heavy atom. The molecule has 0 unspecified atom stereocenters. The molecule has 0 aliphatic heterocycles. The SMILES string of the molecule is NCCc1[nH]cnc1C1CCCC1. The van der Waals surface area contributed by atoms with Crippen molar-refractivity contribution in [3.63, 3.8) is 0 Å². The lowest BCUT2D eigenvalue weighted by atomic mass is 10.0. The summed E-state index contributed by atoms with van der Waals surface area (Å²) in [4.78, 5) is 7.60. The largest absolute Gasteiger partial charge is 0.348 e. The van der Waals surface area contributed by atoms with Crippen LogP contribution < -0.4 is 5.73 Å². The summed E-state index contributed by atoms with van der Waals surface area (Å²) < 4.78 is 0. The minimum absolute atomic E-state index is 0.702. The highest BCUT2D eigenvalue weighted by atomic mass is 14.9. The molecule has 1 aliphatic carbocycles. The molecule has 1 fully saturated rings. The van der Waals surface area contributed by atoms with E-state index in [9.17, 15) is 0 Å². The maximum absolute atomic E-state index is 5.54. The van der Waals surface area contributed by atoms with Gasteiger partial charge in [-0.05, 0) is 19.4 Å². The lowest BCUT2D eigenvalue weighted by Gasteiger charge is -2.07. The van der Waals surface area contributed by atoms with Crippen LogP contribution in [-0.4, -0.2) is 16.5 Å². The molecule has 72 valence electrons. The topological polar surface area (TPSA) is 54.7 Å². The monoisotopic (exact) mass is 179 g/mol. The lowest BCUT2D eigenvalue weighted by Crippen LogP contribution is -2.06. The molecule has 0 spiro atoms. The van der Waals surface area contributed by atoms with Gasteiger partial charge < -0.3 is 10.7 Å². The number of hydrogen-bond acceptors (Lipinski definition) is 2. The third-order valence-corrected chi connectivity index (χ3v) is 2.89. The van der Waals surface area contributed by atoms with Gasteiger partial charge in [0.05, 0.1) is 12.0 Å². The molecule has 1 heterocycles. The summed E-state index contributed by atoms with van der Waals surface area (Å²) in [7, 11) is 0. The van der Waals surface area contributed by atoms with E-state index in [1.807, 2.05) is 0 Å². The summed E-state index contributed by atoms with van der Waals surface area (Å²) in [5, 5.41) is 0. The lowest BCUT2D eigenvalue weighted by molar-refractivity contribution is 0.689. The average Bonchev–Trinajstić information content (AvgIpc) is 2.71. The number of nitrogens with one attached hydrogen (secondary N) is 1. The fourth-order valence-electron chi connectivity index (χ4n) is 2.23. The molecule has 0 aromatic carbocycles. The van der Waals surface area contributed by atoms with Crippen molar-refractivity contribution in [3.8, 4) is 0 Å². The van der Waals surface area contributed by atoms with Gasteiger partial charge in [-0.3, -0.25) is 0 Å². The van der Waals surface area contributed by atoms with Gasteiger partial charge in [0.1, 0.15) is 0 Å². The van der Waals surface area contributed by atoms with Gasteiger partial charge in [0.25, 0.3) is 0 Å². The zero-order valence-electron chi connectivity index (χ0n) is 7.92. The van der Waals surface area contributed by atoms with Gasteiger partial charge in [0.2, 0.25) is 0 Å². The number of aromatic nitrogens is 2. The number of rotatable bonds is 3. The maximum Gasteiger partial charge on any atom is 0.0925 e. The van der Waals surface area contributed by atoms with Gasteiger partial charge in [0, 0.05) is 18.0 Å². The highest BCUT2D eigenvalue weighted by Gasteiger charge is 2.21. The van der Waals surface area contributed by atoms with Crippen molar-refractivity contribution in [1.82, 2.24) is 9.97 Å². The van der Waals surface area contributed by atoms with Crippen molar-refractivity contribution in [2.45, 2.75) is 38.0 Å². The minimum atomic E-state index is 0.702. The minimum Gasteiger partial charge on any atom is -0.348 e. The Kier molecular flexibility index (Phi) is 2.64. The highest BCUT2D eigenvalue weighted by Crippen LogP contribution is 2.34. The van der Waals surface area contributed by atoms with Crippen LogP contribution in [0.1, 0.15) is 43.0 Å². The first-order valence-corrected chi connectivity index (χ1v) is 5.14. The van der Waals surface area contributed by atoms with Gasteiger partial charge in [-0.1, -0.05) is 12.8 Å². The second kappa shape index (κ2) is 3.92.